The summed E-state index contributed by atoms with van der Waals surface area (Å²) in [6.07, 6.45) is 0. The van der Waals surface area contributed by atoms with Gasteiger partial charge < -0.3 is 0 Å². The van der Waals surface area contributed by atoms with E-state index in [2.05, 4.69) is 10.3 Å². The number of rotatable bonds is 6. The Morgan fingerprint density at radius 3 is 2.76 bits per heavy atom. The van der Waals surface area contributed by atoms with Crippen LogP contribution in [0.15, 0.2) is 53.9 Å². The quantitative estimate of drug-likeness (QED) is 0.640. The largest absolute Gasteiger partial charge is 0.298 e. The molecule has 0 fully saturated rings. The van der Waals surface area contributed by atoms with Gasteiger partial charge >= 0.3 is 0 Å². The molecule has 0 bridgehead atoms. The Hall–Kier alpha value is -2.18. The highest BCUT2D eigenvalue weighted by Gasteiger charge is 2.09. The maximum Gasteiger partial charge on any atom is 0.257 e. The molecule has 3 rings (SSSR count). The third-order valence-electron chi connectivity index (χ3n) is 3.48. The van der Waals surface area contributed by atoms with Crippen molar-refractivity contribution in [2.75, 3.05) is 5.32 Å². The number of hydrogen-bond donors (Lipinski definition) is 1. The molecule has 6 heteroatoms. The predicted molar refractivity (Wildman–Crippen MR) is 103 cm³/mol. The molecule has 0 spiro atoms. The first-order valence-electron chi connectivity index (χ1n) is 7.75. The third kappa shape index (κ3) is 5.14. The normalized spacial score (nSPS) is 10.6. The molecule has 25 heavy (non-hydrogen) atoms. The summed E-state index contributed by atoms with van der Waals surface area (Å²) >= 11 is 3.12. The zero-order valence-electron chi connectivity index (χ0n) is 13.7. The molecular formula is C19H17FN2OS2. The Morgan fingerprint density at radius 2 is 2.00 bits per heavy atom. The van der Waals surface area contributed by atoms with Crippen molar-refractivity contribution in [1.82, 2.24) is 4.98 Å². The number of thiazole rings is 1. The van der Waals surface area contributed by atoms with Crippen molar-refractivity contribution in [1.29, 1.82) is 0 Å². The molecule has 1 aromatic heterocycles. The van der Waals surface area contributed by atoms with Crippen molar-refractivity contribution in [3.63, 3.8) is 0 Å². The molecule has 0 atom stereocenters. The fourth-order valence-corrected chi connectivity index (χ4v) is 3.94. The smallest absolute Gasteiger partial charge is 0.257 e. The van der Waals surface area contributed by atoms with Gasteiger partial charge in [0.25, 0.3) is 5.91 Å². The maximum absolute atomic E-state index is 12.9. The fraction of sp³-hybridized carbons (Fsp3) is 0.158. The van der Waals surface area contributed by atoms with Crippen molar-refractivity contribution in [3.8, 4) is 0 Å². The fourth-order valence-electron chi connectivity index (χ4n) is 2.24. The average Bonchev–Trinajstić information content (AvgIpc) is 3.04. The number of halogens is 1. The highest BCUT2D eigenvalue weighted by atomic mass is 32.2. The van der Waals surface area contributed by atoms with Crippen molar-refractivity contribution in [3.05, 3.63) is 82.1 Å². The number of nitrogens with zero attached hydrogens (tertiary/aromatic N) is 1. The monoisotopic (exact) mass is 372 g/mol. The van der Waals surface area contributed by atoms with Gasteiger partial charge in [-0.25, -0.2) is 9.37 Å². The molecule has 128 valence electrons. The summed E-state index contributed by atoms with van der Waals surface area (Å²) in [6, 6.07) is 14.0. The lowest BCUT2D eigenvalue weighted by Gasteiger charge is -2.02. The number of carbonyl (C=O) groups is 1. The topological polar surface area (TPSA) is 42.0 Å². The summed E-state index contributed by atoms with van der Waals surface area (Å²) < 4.78 is 12.9. The van der Waals surface area contributed by atoms with Gasteiger partial charge in [0.2, 0.25) is 0 Å². The number of thioether (sulfide) groups is 1. The van der Waals surface area contributed by atoms with E-state index in [1.165, 1.54) is 23.5 Å². The molecule has 0 aliphatic carbocycles. The zero-order valence-corrected chi connectivity index (χ0v) is 15.3. The van der Waals surface area contributed by atoms with Crippen LogP contribution in [0.3, 0.4) is 0 Å². The van der Waals surface area contributed by atoms with Gasteiger partial charge in [-0.2, -0.15) is 11.8 Å². The number of carbonyl (C=O) groups excluding carboxylic acids is 1. The van der Waals surface area contributed by atoms with Gasteiger partial charge in [-0.1, -0.05) is 29.8 Å². The number of nitrogens with one attached hydrogen (secondary N) is 1. The van der Waals surface area contributed by atoms with Crippen LogP contribution < -0.4 is 5.32 Å². The van der Waals surface area contributed by atoms with E-state index < -0.39 is 0 Å². The minimum atomic E-state index is -0.220. The summed E-state index contributed by atoms with van der Waals surface area (Å²) in [5.41, 5.74) is 3.68. The first-order valence-corrected chi connectivity index (χ1v) is 9.78. The van der Waals surface area contributed by atoms with E-state index in [0.29, 0.717) is 10.7 Å². The van der Waals surface area contributed by atoms with Crippen molar-refractivity contribution < 1.29 is 9.18 Å². The average molecular weight is 372 g/mol. The molecule has 3 aromatic rings. The highest BCUT2D eigenvalue weighted by molar-refractivity contribution is 7.97. The predicted octanol–water partition coefficient (Wildman–Crippen LogP) is 5.28. The van der Waals surface area contributed by atoms with Crippen LogP contribution in [-0.4, -0.2) is 10.9 Å². The van der Waals surface area contributed by atoms with Crippen molar-refractivity contribution in [2.24, 2.45) is 0 Å². The van der Waals surface area contributed by atoms with E-state index in [-0.39, 0.29) is 11.7 Å². The van der Waals surface area contributed by atoms with Crippen LogP contribution in [0, 0.1) is 12.7 Å². The summed E-state index contributed by atoms with van der Waals surface area (Å²) in [4.78, 5) is 16.7. The zero-order chi connectivity index (χ0) is 17.6. The minimum Gasteiger partial charge on any atom is -0.298 e. The maximum atomic E-state index is 12.9. The standard InChI is InChI=1S/C19H17FN2OS2/c1-13-3-2-4-15(9-13)18(23)22-19-21-17(12-25-19)11-24-10-14-5-7-16(20)8-6-14/h2-9,12H,10-11H2,1H3,(H,21,22,23). The Labute approximate surface area is 154 Å². The molecule has 0 aliphatic heterocycles. The first-order chi connectivity index (χ1) is 12.1. The summed E-state index contributed by atoms with van der Waals surface area (Å²) in [5.74, 6) is 1.17. The number of benzene rings is 2. The van der Waals surface area contributed by atoms with E-state index >= 15 is 0 Å². The number of aromatic nitrogens is 1. The molecule has 0 saturated carbocycles. The second-order valence-corrected chi connectivity index (χ2v) is 7.43. The SMILES string of the molecule is Cc1cccc(C(=O)Nc2nc(CSCc3ccc(F)cc3)cs2)c1. The molecule has 1 amide bonds. The van der Waals surface area contributed by atoms with E-state index in [1.54, 1.807) is 30.0 Å². The van der Waals surface area contributed by atoms with Crippen LogP contribution in [-0.2, 0) is 11.5 Å². The molecule has 1 N–H and O–H groups in total. The van der Waals surface area contributed by atoms with E-state index in [4.69, 9.17) is 0 Å². The van der Waals surface area contributed by atoms with Crippen LogP contribution >= 0.6 is 23.1 Å². The summed E-state index contributed by atoms with van der Waals surface area (Å²) in [6.45, 7) is 1.95. The minimum absolute atomic E-state index is 0.149. The lowest BCUT2D eigenvalue weighted by atomic mass is 10.1. The summed E-state index contributed by atoms with van der Waals surface area (Å²) in [7, 11) is 0. The van der Waals surface area contributed by atoms with Crippen molar-refractivity contribution in [2.45, 2.75) is 18.4 Å². The molecule has 0 unspecified atom stereocenters. The molecule has 0 saturated heterocycles. The third-order valence-corrected chi connectivity index (χ3v) is 5.33. The number of aryl methyl sites for hydroxylation is 1. The Morgan fingerprint density at radius 1 is 1.20 bits per heavy atom. The molecule has 2 aromatic carbocycles. The highest BCUT2D eigenvalue weighted by Crippen LogP contribution is 2.22. The number of amides is 1. The van der Waals surface area contributed by atoms with Gasteiger partial charge in [0.15, 0.2) is 5.13 Å². The van der Waals surface area contributed by atoms with Gasteiger partial charge in [0.1, 0.15) is 5.82 Å². The molecule has 3 nitrogen and oxygen atoms in total. The molecule has 1 heterocycles. The molecule has 0 aliphatic rings. The van der Waals surface area contributed by atoms with Crippen LogP contribution in [0.4, 0.5) is 9.52 Å². The van der Waals surface area contributed by atoms with Crippen LogP contribution in [0.5, 0.6) is 0 Å². The van der Waals surface area contributed by atoms with E-state index in [1.807, 2.05) is 30.5 Å². The van der Waals surface area contributed by atoms with Gasteiger partial charge in [-0.15, -0.1) is 11.3 Å². The second-order valence-electron chi connectivity index (χ2n) is 5.59. The Kier molecular flexibility index (Phi) is 5.83. The summed E-state index contributed by atoms with van der Waals surface area (Å²) in [5, 5.41) is 5.39. The van der Waals surface area contributed by atoms with Gasteiger partial charge in [-0.05, 0) is 36.8 Å². The lowest BCUT2D eigenvalue weighted by molar-refractivity contribution is 0.102. The lowest BCUT2D eigenvalue weighted by Crippen LogP contribution is -2.11. The van der Waals surface area contributed by atoms with E-state index in [0.717, 1.165) is 28.3 Å². The second kappa shape index (κ2) is 8.27. The number of anilines is 1. The molecular weight excluding hydrogens is 355 g/mol. The van der Waals surface area contributed by atoms with Crippen LogP contribution in [0.1, 0.15) is 27.2 Å². The van der Waals surface area contributed by atoms with Gasteiger partial charge in [0.05, 0.1) is 5.69 Å². The van der Waals surface area contributed by atoms with Gasteiger partial charge in [0, 0.05) is 22.4 Å². The van der Waals surface area contributed by atoms with Crippen molar-refractivity contribution >= 4 is 34.1 Å². The Balaban J connectivity index is 1.52. The molecule has 0 radical (unpaired) electrons. The first kappa shape index (κ1) is 17.6. The van der Waals surface area contributed by atoms with Gasteiger partial charge in [-0.3, -0.25) is 10.1 Å². The van der Waals surface area contributed by atoms with Crippen LogP contribution in [0.2, 0.25) is 0 Å². The van der Waals surface area contributed by atoms with Crippen LogP contribution in [0.25, 0.3) is 0 Å². The Bertz CT molecular complexity index is 862. The number of hydrogen-bond acceptors (Lipinski definition) is 4. The van der Waals surface area contributed by atoms with E-state index in [9.17, 15) is 9.18 Å².